The number of aliphatic hydroxyl groups is 1. The Morgan fingerprint density at radius 3 is 2.35 bits per heavy atom. The molecule has 0 fully saturated rings. The van der Waals surface area contributed by atoms with Gasteiger partial charge < -0.3 is 20.3 Å². The van der Waals surface area contributed by atoms with Crippen LogP contribution < -0.4 is 15.2 Å². The average molecular weight is 357 g/mol. The molecule has 0 amide bonds. The monoisotopic (exact) mass is 357 g/mol. The molecule has 0 saturated heterocycles. The Morgan fingerprint density at radius 2 is 1.69 bits per heavy atom. The van der Waals surface area contributed by atoms with E-state index in [1.807, 2.05) is 55.5 Å². The Balaban J connectivity index is 2.09. The molecule has 2 aromatic rings. The molecule has 0 heterocycles. The lowest BCUT2D eigenvalue weighted by Crippen LogP contribution is -2.26. The van der Waals surface area contributed by atoms with Crippen LogP contribution in [-0.2, 0) is 6.61 Å². The molecule has 26 heavy (non-hydrogen) atoms. The third-order valence-corrected chi connectivity index (χ3v) is 4.34. The highest BCUT2D eigenvalue weighted by molar-refractivity contribution is 5.44. The van der Waals surface area contributed by atoms with E-state index >= 15 is 0 Å². The first kappa shape index (κ1) is 20.3. The highest BCUT2D eigenvalue weighted by Gasteiger charge is 2.19. The molecule has 0 aliphatic rings. The zero-order chi connectivity index (χ0) is 18.9. The quantitative estimate of drug-likeness (QED) is 0.659. The molecule has 0 aliphatic carbocycles. The molecule has 0 spiro atoms. The smallest absolute Gasteiger partial charge is 0.161 e. The van der Waals surface area contributed by atoms with Gasteiger partial charge in [0.05, 0.1) is 18.8 Å². The van der Waals surface area contributed by atoms with Gasteiger partial charge in [-0.15, -0.1) is 0 Å². The van der Waals surface area contributed by atoms with Gasteiger partial charge in [0.15, 0.2) is 11.5 Å². The number of aliphatic hydroxyl groups excluding tert-OH is 1. The summed E-state index contributed by atoms with van der Waals surface area (Å²) in [6, 6.07) is 15.2. The van der Waals surface area contributed by atoms with Crippen molar-refractivity contribution in [2.75, 3.05) is 6.61 Å². The molecule has 2 aromatic carbocycles. The summed E-state index contributed by atoms with van der Waals surface area (Å²) in [6.07, 6.45) is 1.07. The lowest BCUT2D eigenvalue weighted by molar-refractivity contribution is 0.128. The molecule has 0 bridgehead atoms. The third-order valence-electron chi connectivity index (χ3n) is 4.34. The lowest BCUT2D eigenvalue weighted by Gasteiger charge is -2.21. The fourth-order valence-electron chi connectivity index (χ4n) is 2.76. The van der Waals surface area contributed by atoms with E-state index in [4.69, 9.17) is 15.2 Å². The second kappa shape index (κ2) is 10.2. The van der Waals surface area contributed by atoms with Gasteiger partial charge in [-0.3, -0.25) is 0 Å². The molecule has 2 atom stereocenters. The number of hydrogen-bond acceptors (Lipinski definition) is 4. The van der Waals surface area contributed by atoms with Crippen molar-refractivity contribution in [2.24, 2.45) is 11.7 Å². The first-order chi connectivity index (χ1) is 12.5. The number of nitrogens with two attached hydrogens (primary N) is 1. The summed E-state index contributed by atoms with van der Waals surface area (Å²) in [6.45, 7) is 7.24. The molecule has 0 saturated carbocycles. The van der Waals surface area contributed by atoms with Crippen molar-refractivity contribution in [3.05, 3.63) is 59.7 Å². The van der Waals surface area contributed by atoms with Crippen molar-refractivity contribution < 1.29 is 14.6 Å². The van der Waals surface area contributed by atoms with Gasteiger partial charge in [0.1, 0.15) is 6.61 Å². The maximum Gasteiger partial charge on any atom is 0.161 e. The maximum absolute atomic E-state index is 10.4. The Morgan fingerprint density at radius 1 is 0.962 bits per heavy atom. The van der Waals surface area contributed by atoms with E-state index in [9.17, 15) is 5.11 Å². The van der Waals surface area contributed by atoms with Gasteiger partial charge in [0.2, 0.25) is 0 Å². The van der Waals surface area contributed by atoms with Crippen molar-refractivity contribution >= 4 is 0 Å². The van der Waals surface area contributed by atoms with Gasteiger partial charge in [-0.2, -0.15) is 0 Å². The third kappa shape index (κ3) is 6.04. The van der Waals surface area contributed by atoms with Crippen LogP contribution in [0.4, 0.5) is 0 Å². The summed E-state index contributed by atoms with van der Waals surface area (Å²) in [5.41, 5.74) is 8.21. The summed E-state index contributed by atoms with van der Waals surface area (Å²) in [4.78, 5) is 0. The first-order valence-corrected chi connectivity index (χ1v) is 9.38. The molecule has 2 rings (SSSR count). The van der Waals surface area contributed by atoms with Crippen LogP contribution in [0.5, 0.6) is 11.5 Å². The van der Waals surface area contributed by atoms with Crippen LogP contribution in [0.1, 0.15) is 50.8 Å². The average Bonchev–Trinajstić information content (AvgIpc) is 2.65. The minimum Gasteiger partial charge on any atom is -0.490 e. The summed E-state index contributed by atoms with van der Waals surface area (Å²) < 4.78 is 11.7. The van der Waals surface area contributed by atoms with E-state index in [-0.39, 0.29) is 0 Å². The topological polar surface area (TPSA) is 64.7 Å². The van der Waals surface area contributed by atoms with E-state index in [1.54, 1.807) is 0 Å². The zero-order valence-corrected chi connectivity index (χ0v) is 16.0. The van der Waals surface area contributed by atoms with Crippen molar-refractivity contribution in [3.63, 3.8) is 0 Å². The minimum absolute atomic E-state index is 0.434. The van der Waals surface area contributed by atoms with E-state index in [0.29, 0.717) is 37.1 Å². The van der Waals surface area contributed by atoms with Gasteiger partial charge in [-0.1, -0.05) is 50.2 Å². The Bertz CT molecular complexity index is 658. The van der Waals surface area contributed by atoms with Gasteiger partial charge in [0.25, 0.3) is 0 Å². The van der Waals surface area contributed by atoms with E-state index in [2.05, 4.69) is 13.8 Å². The number of rotatable bonds is 10. The van der Waals surface area contributed by atoms with Crippen LogP contribution in [-0.4, -0.2) is 17.8 Å². The van der Waals surface area contributed by atoms with Crippen LogP contribution in [0.15, 0.2) is 48.5 Å². The number of ether oxygens (including phenoxy) is 2. The second-order valence-electron chi connectivity index (χ2n) is 6.98. The fraction of sp³-hybridized carbons (Fsp3) is 0.455. The normalized spacial score (nSPS) is 13.5. The highest BCUT2D eigenvalue weighted by Crippen LogP contribution is 2.32. The van der Waals surface area contributed by atoms with Gasteiger partial charge in [-0.25, -0.2) is 0 Å². The lowest BCUT2D eigenvalue weighted by atomic mass is 9.96. The summed E-state index contributed by atoms with van der Waals surface area (Å²) in [5.74, 6) is 1.89. The molecule has 0 radical (unpaired) electrons. The predicted octanol–water partition coefficient (Wildman–Crippen LogP) is 4.46. The van der Waals surface area contributed by atoms with Crippen LogP contribution in [0.2, 0.25) is 0 Å². The van der Waals surface area contributed by atoms with E-state index in [0.717, 1.165) is 17.5 Å². The molecular weight excluding hydrogens is 326 g/mol. The SMILES string of the molecule is CCOc1cc([C@H](N)[C@H](O)CCC(C)C)ccc1OCc1ccccc1. The molecule has 3 N–H and O–H groups in total. The molecule has 0 aliphatic heterocycles. The predicted molar refractivity (Wildman–Crippen MR) is 105 cm³/mol. The van der Waals surface area contributed by atoms with Crippen LogP contribution >= 0.6 is 0 Å². The summed E-state index contributed by atoms with van der Waals surface area (Å²) in [7, 11) is 0. The molecule has 142 valence electrons. The Labute approximate surface area is 156 Å². The van der Waals surface area contributed by atoms with Crippen LogP contribution in [0.3, 0.4) is 0 Å². The zero-order valence-electron chi connectivity index (χ0n) is 16.0. The van der Waals surface area contributed by atoms with Crippen molar-refractivity contribution in [2.45, 2.75) is 52.4 Å². The van der Waals surface area contributed by atoms with E-state index < -0.39 is 12.1 Å². The van der Waals surface area contributed by atoms with E-state index in [1.165, 1.54) is 0 Å². The van der Waals surface area contributed by atoms with Crippen LogP contribution in [0, 0.1) is 5.92 Å². The van der Waals surface area contributed by atoms with Gasteiger partial charge in [-0.05, 0) is 48.9 Å². The second-order valence-corrected chi connectivity index (χ2v) is 6.98. The largest absolute Gasteiger partial charge is 0.490 e. The Kier molecular flexibility index (Phi) is 7.95. The van der Waals surface area contributed by atoms with Gasteiger partial charge in [0, 0.05) is 0 Å². The van der Waals surface area contributed by atoms with Crippen molar-refractivity contribution in [3.8, 4) is 11.5 Å². The van der Waals surface area contributed by atoms with Crippen LogP contribution in [0.25, 0.3) is 0 Å². The molecule has 4 heteroatoms. The van der Waals surface area contributed by atoms with Crippen molar-refractivity contribution in [1.29, 1.82) is 0 Å². The molecule has 0 aromatic heterocycles. The number of hydrogen-bond donors (Lipinski definition) is 2. The summed E-state index contributed by atoms with van der Waals surface area (Å²) in [5, 5.41) is 10.4. The standard InChI is InChI=1S/C22H31NO3/c1-4-25-21-14-18(22(23)19(24)12-10-16(2)3)11-13-20(21)26-15-17-8-6-5-7-9-17/h5-9,11,13-14,16,19,22,24H,4,10,12,15,23H2,1-3H3/t19-,22+/m1/s1. The minimum atomic E-state index is -0.567. The fourth-order valence-corrected chi connectivity index (χ4v) is 2.76. The highest BCUT2D eigenvalue weighted by atomic mass is 16.5. The van der Waals surface area contributed by atoms with Gasteiger partial charge >= 0.3 is 0 Å². The molecule has 0 unspecified atom stereocenters. The maximum atomic E-state index is 10.4. The number of benzene rings is 2. The Hall–Kier alpha value is -2.04. The first-order valence-electron chi connectivity index (χ1n) is 9.38. The molecule has 4 nitrogen and oxygen atoms in total. The van der Waals surface area contributed by atoms with Crippen molar-refractivity contribution in [1.82, 2.24) is 0 Å². The molecular formula is C22H31NO3. The summed E-state index contributed by atoms with van der Waals surface area (Å²) >= 11 is 0.